The second kappa shape index (κ2) is 6.20. The third-order valence-corrected chi connectivity index (χ3v) is 5.10. The van der Waals surface area contributed by atoms with Gasteiger partial charge in [-0.25, -0.2) is 0 Å². The molecule has 0 heterocycles. The van der Waals surface area contributed by atoms with Crippen LogP contribution in [-0.2, 0) is 0 Å². The molecule has 0 aromatic heterocycles. The van der Waals surface area contributed by atoms with Crippen LogP contribution in [0.4, 0.5) is 5.69 Å². The van der Waals surface area contributed by atoms with Crippen LogP contribution in [0.3, 0.4) is 0 Å². The van der Waals surface area contributed by atoms with Gasteiger partial charge in [0.15, 0.2) is 0 Å². The van der Waals surface area contributed by atoms with Crippen molar-refractivity contribution in [1.29, 1.82) is 0 Å². The first kappa shape index (κ1) is 15.2. The molecule has 0 aliphatic heterocycles. The molecule has 2 aromatic carbocycles. The van der Waals surface area contributed by atoms with Crippen LogP contribution in [0.15, 0.2) is 40.9 Å². The molecule has 2 aromatic rings. The van der Waals surface area contributed by atoms with Gasteiger partial charge in [0.25, 0.3) is 0 Å². The topological polar surface area (TPSA) is 12.0 Å². The van der Waals surface area contributed by atoms with Crippen molar-refractivity contribution in [1.82, 2.24) is 0 Å². The van der Waals surface area contributed by atoms with Gasteiger partial charge in [0.2, 0.25) is 0 Å². The van der Waals surface area contributed by atoms with E-state index in [1.165, 1.54) is 11.1 Å². The number of aryl methyl sites for hydroxylation is 1. The van der Waals surface area contributed by atoms with Crippen LogP contribution in [0.25, 0.3) is 0 Å². The van der Waals surface area contributed by atoms with E-state index in [1.807, 2.05) is 12.1 Å². The van der Waals surface area contributed by atoms with Gasteiger partial charge in [0.1, 0.15) is 0 Å². The maximum absolute atomic E-state index is 6.25. The SMILES string of the molecule is Cc1ccc(C2CC(Nc3c(Cl)cc(Br)cc3Cl)C2)cc1. The Bertz CT molecular complexity index is 625. The molecule has 1 nitrogen and oxygen atoms in total. The van der Waals surface area contributed by atoms with E-state index >= 15 is 0 Å². The average molecular weight is 385 g/mol. The monoisotopic (exact) mass is 383 g/mol. The van der Waals surface area contributed by atoms with E-state index in [0.717, 1.165) is 23.0 Å². The molecule has 110 valence electrons. The maximum Gasteiger partial charge on any atom is 0.0721 e. The predicted molar refractivity (Wildman–Crippen MR) is 94.7 cm³/mol. The molecular weight excluding hydrogens is 369 g/mol. The highest BCUT2D eigenvalue weighted by atomic mass is 79.9. The zero-order chi connectivity index (χ0) is 15.0. The molecule has 1 aliphatic carbocycles. The molecule has 21 heavy (non-hydrogen) atoms. The molecule has 1 fully saturated rings. The third-order valence-electron chi connectivity index (χ3n) is 4.04. The summed E-state index contributed by atoms with van der Waals surface area (Å²) in [6, 6.07) is 13.0. The summed E-state index contributed by atoms with van der Waals surface area (Å²) in [6.45, 7) is 2.12. The first-order valence-electron chi connectivity index (χ1n) is 7.00. The highest BCUT2D eigenvalue weighted by Gasteiger charge is 2.30. The summed E-state index contributed by atoms with van der Waals surface area (Å²) in [4.78, 5) is 0. The lowest BCUT2D eigenvalue weighted by atomic mass is 9.75. The highest BCUT2D eigenvalue weighted by Crippen LogP contribution is 2.41. The summed E-state index contributed by atoms with van der Waals surface area (Å²) in [5, 5.41) is 4.79. The Morgan fingerprint density at radius 3 is 2.19 bits per heavy atom. The minimum atomic E-state index is 0.437. The van der Waals surface area contributed by atoms with Crippen molar-refractivity contribution in [2.75, 3.05) is 5.32 Å². The second-order valence-electron chi connectivity index (χ2n) is 5.66. The fourth-order valence-electron chi connectivity index (χ4n) is 2.73. The van der Waals surface area contributed by atoms with Gasteiger partial charge < -0.3 is 5.32 Å². The Morgan fingerprint density at radius 2 is 1.62 bits per heavy atom. The summed E-state index contributed by atoms with van der Waals surface area (Å²) in [7, 11) is 0. The van der Waals surface area contributed by atoms with Crippen LogP contribution in [0.2, 0.25) is 10.0 Å². The predicted octanol–water partition coefficient (Wildman–Crippen LogP) is 6.42. The average Bonchev–Trinajstić information content (AvgIpc) is 2.37. The van der Waals surface area contributed by atoms with Crippen molar-refractivity contribution in [3.8, 4) is 0 Å². The van der Waals surface area contributed by atoms with Crippen LogP contribution in [0.1, 0.15) is 29.9 Å². The Labute approximate surface area is 143 Å². The number of hydrogen-bond acceptors (Lipinski definition) is 1. The van der Waals surface area contributed by atoms with Gasteiger partial charge in [-0.05, 0) is 43.4 Å². The molecule has 0 bridgehead atoms. The normalized spacial score (nSPS) is 21.0. The molecule has 1 N–H and O–H groups in total. The lowest BCUT2D eigenvalue weighted by Gasteiger charge is -2.37. The quantitative estimate of drug-likeness (QED) is 0.643. The molecule has 3 rings (SSSR count). The second-order valence-corrected chi connectivity index (χ2v) is 7.39. The van der Waals surface area contributed by atoms with E-state index in [2.05, 4.69) is 52.4 Å². The fourth-order valence-corrected chi connectivity index (χ4v) is 4.05. The van der Waals surface area contributed by atoms with Gasteiger partial charge in [-0.3, -0.25) is 0 Å². The summed E-state index contributed by atoms with van der Waals surface area (Å²) in [5.41, 5.74) is 3.57. The molecular formula is C17H16BrCl2N. The number of rotatable bonds is 3. The number of hydrogen-bond donors (Lipinski definition) is 1. The van der Waals surface area contributed by atoms with Crippen LogP contribution >= 0.6 is 39.1 Å². The molecule has 0 amide bonds. The lowest BCUT2D eigenvalue weighted by Crippen LogP contribution is -2.34. The number of benzene rings is 2. The zero-order valence-electron chi connectivity index (χ0n) is 11.7. The Hall–Kier alpha value is -0.700. The van der Waals surface area contributed by atoms with Crippen molar-refractivity contribution >= 4 is 44.8 Å². The number of halogens is 3. The molecule has 0 saturated heterocycles. The van der Waals surface area contributed by atoms with Crippen molar-refractivity contribution in [2.24, 2.45) is 0 Å². The van der Waals surface area contributed by atoms with Gasteiger partial charge in [-0.1, -0.05) is 69.0 Å². The molecule has 0 atom stereocenters. The van der Waals surface area contributed by atoms with Crippen LogP contribution in [0.5, 0.6) is 0 Å². The highest BCUT2D eigenvalue weighted by molar-refractivity contribution is 9.10. The first-order chi connectivity index (χ1) is 10.0. The van der Waals surface area contributed by atoms with E-state index in [1.54, 1.807) is 0 Å². The molecule has 0 unspecified atom stereocenters. The Morgan fingerprint density at radius 1 is 1.05 bits per heavy atom. The minimum absolute atomic E-state index is 0.437. The van der Waals surface area contributed by atoms with Crippen molar-refractivity contribution in [3.63, 3.8) is 0 Å². The van der Waals surface area contributed by atoms with Gasteiger partial charge in [0.05, 0.1) is 15.7 Å². The van der Waals surface area contributed by atoms with E-state index in [4.69, 9.17) is 23.2 Å². The summed E-state index contributed by atoms with van der Waals surface area (Å²) >= 11 is 15.9. The van der Waals surface area contributed by atoms with Crippen LogP contribution < -0.4 is 5.32 Å². The van der Waals surface area contributed by atoms with Crippen molar-refractivity contribution in [2.45, 2.75) is 31.7 Å². The van der Waals surface area contributed by atoms with Crippen molar-refractivity contribution in [3.05, 3.63) is 62.0 Å². The number of nitrogens with one attached hydrogen (secondary N) is 1. The third kappa shape index (κ3) is 3.39. The standard InChI is InChI=1S/C17H16BrCl2N/c1-10-2-4-11(5-3-10)12-6-14(7-12)21-17-15(19)8-13(18)9-16(17)20/h2-5,8-9,12,14,21H,6-7H2,1H3. The van der Waals surface area contributed by atoms with E-state index in [0.29, 0.717) is 22.0 Å². The minimum Gasteiger partial charge on any atom is -0.380 e. The molecule has 1 saturated carbocycles. The summed E-state index contributed by atoms with van der Waals surface area (Å²) in [5.74, 6) is 0.635. The molecule has 0 spiro atoms. The smallest absolute Gasteiger partial charge is 0.0721 e. The fraction of sp³-hybridized carbons (Fsp3) is 0.294. The van der Waals surface area contributed by atoms with E-state index in [-0.39, 0.29) is 0 Å². The molecule has 0 radical (unpaired) electrons. The Kier molecular flexibility index (Phi) is 4.49. The summed E-state index contributed by atoms with van der Waals surface area (Å²) in [6.07, 6.45) is 2.23. The van der Waals surface area contributed by atoms with Crippen LogP contribution in [0, 0.1) is 6.92 Å². The van der Waals surface area contributed by atoms with E-state index < -0.39 is 0 Å². The molecule has 4 heteroatoms. The van der Waals surface area contributed by atoms with Gasteiger partial charge in [-0.15, -0.1) is 0 Å². The van der Waals surface area contributed by atoms with Crippen molar-refractivity contribution < 1.29 is 0 Å². The van der Waals surface area contributed by atoms with Gasteiger partial charge in [0, 0.05) is 10.5 Å². The van der Waals surface area contributed by atoms with Gasteiger partial charge >= 0.3 is 0 Å². The first-order valence-corrected chi connectivity index (χ1v) is 8.55. The molecule has 1 aliphatic rings. The van der Waals surface area contributed by atoms with E-state index in [9.17, 15) is 0 Å². The van der Waals surface area contributed by atoms with Gasteiger partial charge in [-0.2, -0.15) is 0 Å². The largest absolute Gasteiger partial charge is 0.380 e. The number of anilines is 1. The summed E-state index contributed by atoms with van der Waals surface area (Å²) < 4.78 is 0.897. The maximum atomic E-state index is 6.25. The Balaban J connectivity index is 1.64. The van der Waals surface area contributed by atoms with Crippen LogP contribution in [-0.4, -0.2) is 6.04 Å². The zero-order valence-corrected chi connectivity index (χ0v) is 14.8. The lowest BCUT2D eigenvalue weighted by molar-refractivity contribution is 0.374.